The Morgan fingerprint density at radius 2 is 1.88 bits per heavy atom. The van der Waals surface area contributed by atoms with Gasteiger partial charge in [-0.1, -0.05) is 17.7 Å². The van der Waals surface area contributed by atoms with E-state index in [1.807, 2.05) is 13.0 Å². The molecule has 0 atom stereocenters. The molecule has 0 spiro atoms. The quantitative estimate of drug-likeness (QED) is 0.859. The maximum Gasteiger partial charge on any atom is 0.586 e. The Balaban J connectivity index is 1.56. The molecule has 0 radical (unpaired) electrons. The zero-order valence-corrected chi connectivity index (χ0v) is 13.0. The van der Waals surface area contributed by atoms with Crippen molar-refractivity contribution in [1.29, 1.82) is 0 Å². The molecule has 8 heteroatoms. The third kappa shape index (κ3) is 4.03. The summed E-state index contributed by atoms with van der Waals surface area (Å²) in [5, 5.41) is 2.42. The van der Waals surface area contributed by atoms with Gasteiger partial charge in [0.1, 0.15) is 0 Å². The first-order valence-electron chi connectivity index (χ1n) is 7.26. The van der Waals surface area contributed by atoms with E-state index in [9.17, 15) is 18.4 Å². The summed E-state index contributed by atoms with van der Waals surface area (Å²) < 4.78 is 39.3. The number of hydrogen-bond donors (Lipinski definition) is 1. The third-order valence-corrected chi connectivity index (χ3v) is 3.27. The summed E-state index contributed by atoms with van der Waals surface area (Å²) in [4.78, 5) is 23.7. The number of nitrogens with one attached hydrogen (secondary N) is 1. The van der Waals surface area contributed by atoms with Crippen LogP contribution in [0.4, 0.5) is 14.5 Å². The first-order valence-corrected chi connectivity index (χ1v) is 7.26. The molecule has 1 amide bonds. The van der Waals surface area contributed by atoms with Crippen LogP contribution in [-0.4, -0.2) is 24.8 Å². The lowest BCUT2D eigenvalue weighted by molar-refractivity contribution is -0.286. The molecule has 0 bridgehead atoms. The van der Waals surface area contributed by atoms with Crippen molar-refractivity contribution in [2.45, 2.75) is 13.2 Å². The summed E-state index contributed by atoms with van der Waals surface area (Å²) in [6.07, 6.45) is -3.73. The molecule has 1 N–H and O–H groups in total. The highest BCUT2D eigenvalue weighted by atomic mass is 19.3. The van der Waals surface area contributed by atoms with Crippen LogP contribution in [0.2, 0.25) is 0 Å². The van der Waals surface area contributed by atoms with E-state index in [4.69, 9.17) is 4.74 Å². The van der Waals surface area contributed by atoms with Crippen molar-refractivity contribution in [2.24, 2.45) is 0 Å². The van der Waals surface area contributed by atoms with Crippen molar-refractivity contribution in [3.8, 4) is 11.5 Å². The topological polar surface area (TPSA) is 73.9 Å². The van der Waals surface area contributed by atoms with Crippen molar-refractivity contribution in [1.82, 2.24) is 0 Å². The summed E-state index contributed by atoms with van der Waals surface area (Å²) in [5.41, 5.74) is 1.42. The Morgan fingerprint density at radius 3 is 2.64 bits per heavy atom. The van der Waals surface area contributed by atoms with E-state index in [2.05, 4.69) is 14.8 Å². The van der Waals surface area contributed by atoms with Crippen LogP contribution >= 0.6 is 0 Å². The SMILES string of the molecule is Cc1cccc(C(=O)OCC(=O)Nc2ccc3c(c2)OC(F)(F)O3)c1. The molecule has 3 rings (SSSR count). The van der Waals surface area contributed by atoms with Gasteiger partial charge >= 0.3 is 12.3 Å². The highest BCUT2D eigenvalue weighted by Gasteiger charge is 2.43. The monoisotopic (exact) mass is 349 g/mol. The number of amides is 1. The molecule has 25 heavy (non-hydrogen) atoms. The average Bonchev–Trinajstić information content (AvgIpc) is 2.85. The molecule has 0 aliphatic carbocycles. The highest BCUT2D eigenvalue weighted by Crippen LogP contribution is 2.42. The fourth-order valence-corrected chi connectivity index (χ4v) is 2.21. The number of carbonyl (C=O) groups is 2. The Labute approximate surface area is 141 Å². The number of fused-ring (bicyclic) bond motifs is 1. The van der Waals surface area contributed by atoms with Gasteiger partial charge in [0.25, 0.3) is 5.91 Å². The minimum absolute atomic E-state index is 0.131. The number of esters is 1. The van der Waals surface area contributed by atoms with Crippen molar-refractivity contribution in [3.05, 3.63) is 53.6 Å². The number of halogens is 2. The Hall–Kier alpha value is -3.16. The van der Waals surface area contributed by atoms with Crippen LogP contribution in [0.1, 0.15) is 15.9 Å². The Kier molecular flexibility index (Phi) is 4.26. The minimum Gasteiger partial charge on any atom is -0.452 e. The van der Waals surface area contributed by atoms with E-state index in [0.717, 1.165) is 5.56 Å². The van der Waals surface area contributed by atoms with Gasteiger partial charge in [-0.2, -0.15) is 0 Å². The lowest BCUT2D eigenvalue weighted by Crippen LogP contribution is -2.25. The first kappa shape index (κ1) is 16.7. The number of hydrogen-bond acceptors (Lipinski definition) is 5. The number of anilines is 1. The number of benzene rings is 2. The van der Waals surface area contributed by atoms with E-state index in [-0.39, 0.29) is 17.2 Å². The molecular formula is C17H13F2NO5. The van der Waals surface area contributed by atoms with E-state index >= 15 is 0 Å². The molecular weight excluding hydrogens is 336 g/mol. The fraction of sp³-hybridized carbons (Fsp3) is 0.176. The van der Waals surface area contributed by atoms with Crippen molar-refractivity contribution in [2.75, 3.05) is 11.9 Å². The fourth-order valence-electron chi connectivity index (χ4n) is 2.21. The predicted molar refractivity (Wildman–Crippen MR) is 82.7 cm³/mol. The summed E-state index contributed by atoms with van der Waals surface area (Å²) in [5.74, 6) is -1.58. The van der Waals surface area contributed by atoms with Crippen molar-refractivity contribution in [3.63, 3.8) is 0 Å². The first-order chi connectivity index (χ1) is 11.8. The number of carbonyl (C=O) groups excluding carboxylic acids is 2. The largest absolute Gasteiger partial charge is 0.586 e. The molecule has 6 nitrogen and oxygen atoms in total. The maximum absolute atomic E-state index is 12.9. The molecule has 1 aliphatic heterocycles. The lowest BCUT2D eigenvalue weighted by Gasteiger charge is -2.07. The van der Waals surface area contributed by atoms with Crippen molar-refractivity contribution >= 4 is 17.6 Å². The summed E-state index contributed by atoms with van der Waals surface area (Å²) >= 11 is 0. The lowest BCUT2D eigenvalue weighted by atomic mass is 10.1. The van der Waals surface area contributed by atoms with E-state index in [1.54, 1.807) is 18.2 Å². The molecule has 0 unspecified atom stereocenters. The van der Waals surface area contributed by atoms with Gasteiger partial charge in [-0.15, -0.1) is 8.78 Å². The molecule has 130 valence electrons. The van der Waals surface area contributed by atoms with Gasteiger partial charge in [0.2, 0.25) is 0 Å². The molecule has 0 aromatic heterocycles. The normalized spacial score (nSPS) is 14.0. The zero-order chi connectivity index (χ0) is 18.0. The summed E-state index contributed by atoms with van der Waals surface area (Å²) in [6, 6.07) is 10.5. The van der Waals surface area contributed by atoms with Crippen LogP contribution in [0.3, 0.4) is 0 Å². The van der Waals surface area contributed by atoms with E-state index < -0.39 is 24.8 Å². The maximum atomic E-state index is 12.9. The molecule has 0 saturated carbocycles. The van der Waals surface area contributed by atoms with Crippen LogP contribution < -0.4 is 14.8 Å². The van der Waals surface area contributed by atoms with Crippen LogP contribution in [0.15, 0.2) is 42.5 Å². The van der Waals surface area contributed by atoms with E-state index in [1.165, 1.54) is 18.2 Å². The van der Waals surface area contributed by atoms with Crippen LogP contribution in [-0.2, 0) is 9.53 Å². The van der Waals surface area contributed by atoms with E-state index in [0.29, 0.717) is 5.56 Å². The van der Waals surface area contributed by atoms with Gasteiger partial charge in [0, 0.05) is 11.8 Å². The van der Waals surface area contributed by atoms with Crippen LogP contribution in [0, 0.1) is 6.92 Å². The zero-order valence-electron chi connectivity index (χ0n) is 13.0. The van der Waals surface area contributed by atoms with Crippen LogP contribution in [0.5, 0.6) is 11.5 Å². The second-order valence-electron chi connectivity index (χ2n) is 5.32. The van der Waals surface area contributed by atoms with Gasteiger partial charge in [0.05, 0.1) is 5.56 Å². The molecule has 2 aromatic rings. The molecule has 1 aliphatic rings. The Bertz CT molecular complexity index is 838. The number of alkyl halides is 2. The standard InChI is InChI=1S/C17H13F2NO5/c1-10-3-2-4-11(7-10)16(22)23-9-15(21)20-12-5-6-13-14(8-12)25-17(18,19)24-13/h2-8H,9H2,1H3,(H,20,21). The summed E-state index contributed by atoms with van der Waals surface area (Å²) in [7, 11) is 0. The van der Waals surface area contributed by atoms with Crippen molar-refractivity contribution < 1.29 is 32.6 Å². The van der Waals surface area contributed by atoms with Gasteiger partial charge in [0.15, 0.2) is 18.1 Å². The smallest absolute Gasteiger partial charge is 0.452 e. The predicted octanol–water partition coefficient (Wildman–Crippen LogP) is 3.11. The molecule has 1 heterocycles. The second kappa shape index (κ2) is 6.39. The highest BCUT2D eigenvalue weighted by molar-refractivity contribution is 5.95. The molecule has 0 saturated heterocycles. The summed E-state index contributed by atoms with van der Waals surface area (Å²) in [6.45, 7) is 1.31. The average molecular weight is 349 g/mol. The van der Waals surface area contributed by atoms with Gasteiger partial charge in [-0.3, -0.25) is 4.79 Å². The minimum atomic E-state index is -3.73. The molecule has 0 fully saturated rings. The van der Waals surface area contributed by atoms with Gasteiger partial charge < -0.3 is 19.5 Å². The second-order valence-corrected chi connectivity index (χ2v) is 5.32. The van der Waals surface area contributed by atoms with Gasteiger partial charge in [-0.05, 0) is 31.2 Å². The number of rotatable bonds is 4. The number of ether oxygens (including phenoxy) is 3. The third-order valence-electron chi connectivity index (χ3n) is 3.27. The van der Waals surface area contributed by atoms with Gasteiger partial charge in [-0.25, -0.2) is 4.79 Å². The Morgan fingerprint density at radius 1 is 1.12 bits per heavy atom. The molecule has 2 aromatic carbocycles. The number of aryl methyl sites for hydroxylation is 1. The van der Waals surface area contributed by atoms with Crippen LogP contribution in [0.25, 0.3) is 0 Å².